The monoisotopic (exact) mass is 476 g/mol. The van der Waals surface area contributed by atoms with Crippen molar-refractivity contribution in [2.45, 2.75) is 26.2 Å². The van der Waals surface area contributed by atoms with Gasteiger partial charge in [-0.3, -0.25) is 4.79 Å². The third kappa shape index (κ3) is 4.38. The Morgan fingerprint density at radius 2 is 1.42 bits per heavy atom. The number of rotatable bonds is 6. The zero-order chi connectivity index (χ0) is 25.2. The summed E-state index contributed by atoms with van der Waals surface area (Å²) in [5.41, 5.74) is 3.87. The van der Waals surface area contributed by atoms with E-state index in [1.807, 2.05) is 98.8 Å². The number of carbonyl (C=O) groups excluding carboxylic acids is 1. The normalized spacial score (nSPS) is 12.0. The highest BCUT2D eigenvalue weighted by Gasteiger charge is 2.19. The maximum Gasteiger partial charge on any atom is 0.311 e. The predicted molar refractivity (Wildman–Crippen MR) is 145 cm³/mol. The van der Waals surface area contributed by atoms with E-state index in [0.29, 0.717) is 5.75 Å². The third-order valence-electron chi connectivity index (χ3n) is 6.66. The van der Waals surface area contributed by atoms with E-state index >= 15 is 0 Å². The number of aryl methyl sites for hydroxylation is 1. The maximum absolute atomic E-state index is 13.1. The Hall–Kier alpha value is -4.31. The van der Waals surface area contributed by atoms with Crippen LogP contribution in [0.25, 0.3) is 32.7 Å². The quantitative estimate of drug-likeness (QED) is 0.201. The smallest absolute Gasteiger partial charge is 0.311 e. The van der Waals surface area contributed by atoms with Crippen LogP contribution in [0.15, 0.2) is 91.0 Å². The summed E-state index contributed by atoms with van der Waals surface area (Å²) in [5, 5.41) is 14.2. The van der Waals surface area contributed by atoms with E-state index in [9.17, 15) is 9.90 Å². The summed E-state index contributed by atoms with van der Waals surface area (Å²) in [5.74, 6) is 1.11. The molecule has 0 bridgehead atoms. The molecule has 0 radical (unpaired) electrons. The zero-order valence-electron chi connectivity index (χ0n) is 20.6. The second-order valence-electron chi connectivity index (χ2n) is 9.17. The number of hydrogen-bond donors (Lipinski definition) is 1. The molecule has 5 aromatic rings. The molecule has 0 heterocycles. The molecule has 1 atom stereocenters. The summed E-state index contributed by atoms with van der Waals surface area (Å²) in [6.45, 7) is 4.01. The van der Waals surface area contributed by atoms with Crippen molar-refractivity contribution in [3.63, 3.8) is 0 Å². The molecule has 0 fully saturated rings. The van der Waals surface area contributed by atoms with Gasteiger partial charge in [0.05, 0.1) is 13.5 Å². The first-order valence-electron chi connectivity index (χ1n) is 12.0. The van der Waals surface area contributed by atoms with Gasteiger partial charge in [-0.1, -0.05) is 79.7 Å². The topological polar surface area (TPSA) is 55.8 Å². The van der Waals surface area contributed by atoms with Crippen LogP contribution in [0.2, 0.25) is 0 Å². The lowest BCUT2D eigenvalue weighted by Gasteiger charge is -2.17. The van der Waals surface area contributed by atoms with Crippen LogP contribution in [0, 0.1) is 6.92 Å². The lowest BCUT2D eigenvalue weighted by molar-refractivity contribution is -0.134. The number of methoxy groups -OCH3 is 1. The van der Waals surface area contributed by atoms with Crippen molar-refractivity contribution in [2.75, 3.05) is 7.11 Å². The van der Waals surface area contributed by atoms with Crippen LogP contribution in [0.5, 0.6) is 17.2 Å². The average Bonchev–Trinajstić information content (AvgIpc) is 2.88. The van der Waals surface area contributed by atoms with Gasteiger partial charge in [0, 0.05) is 10.8 Å². The zero-order valence-corrected chi connectivity index (χ0v) is 20.6. The summed E-state index contributed by atoms with van der Waals surface area (Å²) in [6, 6.07) is 29.2. The third-order valence-corrected chi connectivity index (χ3v) is 6.66. The van der Waals surface area contributed by atoms with Crippen LogP contribution in [0.4, 0.5) is 0 Å². The fourth-order valence-electron chi connectivity index (χ4n) is 4.91. The van der Waals surface area contributed by atoms with Crippen LogP contribution in [-0.4, -0.2) is 18.2 Å². The molecule has 0 spiro atoms. The van der Waals surface area contributed by atoms with Crippen LogP contribution in [0.1, 0.15) is 30.4 Å². The maximum atomic E-state index is 13.1. The molecule has 0 aliphatic rings. The molecule has 0 aliphatic carbocycles. The largest absolute Gasteiger partial charge is 0.507 e. The van der Waals surface area contributed by atoms with Crippen molar-refractivity contribution >= 4 is 27.5 Å². The summed E-state index contributed by atoms with van der Waals surface area (Å²) in [6.07, 6.45) is 0.215. The Labute approximate surface area is 210 Å². The number of phenolic OH excluding ortho intramolecular Hbond substituents is 1. The second kappa shape index (κ2) is 9.74. The van der Waals surface area contributed by atoms with Gasteiger partial charge in [-0.15, -0.1) is 0 Å². The first kappa shape index (κ1) is 23.4. The Morgan fingerprint density at radius 3 is 2.11 bits per heavy atom. The van der Waals surface area contributed by atoms with Gasteiger partial charge >= 0.3 is 5.97 Å². The van der Waals surface area contributed by atoms with Crippen LogP contribution >= 0.6 is 0 Å². The van der Waals surface area contributed by atoms with Crippen LogP contribution in [0.3, 0.4) is 0 Å². The summed E-state index contributed by atoms with van der Waals surface area (Å²) in [4.78, 5) is 13.1. The van der Waals surface area contributed by atoms with Gasteiger partial charge in [0.25, 0.3) is 0 Å². The molecule has 0 saturated heterocycles. The van der Waals surface area contributed by atoms with E-state index in [2.05, 4.69) is 0 Å². The predicted octanol–water partition coefficient (Wildman–Crippen LogP) is 7.78. The summed E-state index contributed by atoms with van der Waals surface area (Å²) < 4.78 is 11.5. The fourth-order valence-corrected chi connectivity index (χ4v) is 4.91. The number of aromatic hydroxyl groups is 1. The Morgan fingerprint density at radius 1 is 0.806 bits per heavy atom. The number of ether oxygens (including phenoxy) is 2. The molecule has 0 aromatic heterocycles. The van der Waals surface area contributed by atoms with Crippen molar-refractivity contribution in [1.82, 2.24) is 0 Å². The fraction of sp³-hybridized carbons (Fsp3) is 0.156. The van der Waals surface area contributed by atoms with E-state index < -0.39 is 0 Å². The van der Waals surface area contributed by atoms with E-state index in [1.165, 1.54) is 0 Å². The first-order valence-corrected chi connectivity index (χ1v) is 12.0. The van der Waals surface area contributed by atoms with Gasteiger partial charge in [0.2, 0.25) is 0 Å². The van der Waals surface area contributed by atoms with Crippen molar-refractivity contribution in [2.24, 2.45) is 0 Å². The lowest BCUT2D eigenvalue weighted by Crippen LogP contribution is -2.12. The standard InChI is InChI=1S/C32H28O4/c1-20-16-17-24(29(18-20)35-3)21(2)19-30(34)36-28-15-7-11-23-9-5-13-26(32(23)28)25-12-4-8-22-10-6-14-27(33)31(22)25/h4-18,21,33H,19H2,1-3H3/t21-/m0/s1. The molecule has 0 unspecified atom stereocenters. The lowest BCUT2D eigenvalue weighted by atomic mass is 9.93. The minimum absolute atomic E-state index is 0.0717. The highest BCUT2D eigenvalue weighted by Crippen LogP contribution is 2.41. The van der Waals surface area contributed by atoms with Gasteiger partial charge in [-0.25, -0.2) is 0 Å². The Bertz CT molecular complexity index is 1570. The first-order chi connectivity index (χ1) is 17.5. The number of benzene rings is 5. The van der Waals surface area contributed by atoms with Crippen molar-refractivity contribution in [3.8, 4) is 28.4 Å². The SMILES string of the molecule is COc1cc(C)ccc1[C@@H](C)CC(=O)Oc1cccc2cccc(-c3cccc4cccc(O)c34)c12. The molecule has 4 nitrogen and oxygen atoms in total. The summed E-state index contributed by atoms with van der Waals surface area (Å²) >= 11 is 0. The highest BCUT2D eigenvalue weighted by molar-refractivity contribution is 6.09. The van der Waals surface area contributed by atoms with Crippen LogP contribution in [-0.2, 0) is 4.79 Å². The highest BCUT2D eigenvalue weighted by atomic mass is 16.5. The van der Waals surface area contributed by atoms with E-state index in [4.69, 9.17) is 9.47 Å². The number of esters is 1. The molecule has 5 rings (SSSR count). The molecular weight excluding hydrogens is 448 g/mol. The van der Waals surface area contributed by atoms with E-state index in [-0.39, 0.29) is 24.1 Å². The van der Waals surface area contributed by atoms with Crippen LogP contribution < -0.4 is 9.47 Å². The van der Waals surface area contributed by atoms with Crippen molar-refractivity contribution < 1.29 is 19.4 Å². The second-order valence-corrected chi connectivity index (χ2v) is 9.17. The minimum Gasteiger partial charge on any atom is -0.507 e. The Balaban J connectivity index is 1.53. The van der Waals surface area contributed by atoms with E-state index in [0.717, 1.165) is 49.5 Å². The van der Waals surface area contributed by atoms with E-state index in [1.54, 1.807) is 13.2 Å². The van der Waals surface area contributed by atoms with Gasteiger partial charge in [-0.2, -0.15) is 0 Å². The molecule has 5 aromatic carbocycles. The molecule has 0 aliphatic heterocycles. The summed E-state index contributed by atoms with van der Waals surface area (Å²) in [7, 11) is 1.64. The van der Waals surface area contributed by atoms with Gasteiger partial charge in [-0.05, 0) is 64.1 Å². The number of fused-ring (bicyclic) bond motifs is 2. The molecule has 0 amide bonds. The molecule has 0 saturated carbocycles. The number of hydrogen-bond acceptors (Lipinski definition) is 4. The Kier molecular flexibility index (Phi) is 6.34. The van der Waals surface area contributed by atoms with Crippen molar-refractivity contribution in [1.29, 1.82) is 0 Å². The molecule has 1 N–H and O–H groups in total. The minimum atomic E-state index is -0.312. The molecular formula is C32H28O4. The van der Waals surface area contributed by atoms with Gasteiger partial charge in [0.15, 0.2) is 0 Å². The molecule has 36 heavy (non-hydrogen) atoms. The van der Waals surface area contributed by atoms with Gasteiger partial charge < -0.3 is 14.6 Å². The van der Waals surface area contributed by atoms with Gasteiger partial charge in [0.1, 0.15) is 17.2 Å². The average molecular weight is 477 g/mol. The number of carbonyl (C=O) groups is 1. The number of phenols is 1. The molecule has 4 heteroatoms. The molecule has 180 valence electrons. The van der Waals surface area contributed by atoms with Crippen molar-refractivity contribution in [3.05, 3.63) is 102 Å².